The molecule has 6 nitrogen and oxygen atoms in total. The summed E-state index contributed by atoms with van der Waals surface area (Å²) in [6, 6.07) is 19.4. The highest BCUT2D eigenvalue weighted by atomic mass is 32.2. The SMILES string of the molecule is CN(C(=O)C1=NN(c2ccccc2)[C@H](c2ccccc2)C1)[C@@H]1CCS(=O)(=O)C1. The monoisotopic (exact) mass is 397 g/mol. The first-order chi connectivity index (χ1) is 13.4. The second kappa shape index (κ2) is 7.39. The molecular weight excluding hydrogens is 374 g/mol. The van der Waals surface area contributed by atoms with E-state index in [-0.39, 0.29) is 29.5 Å². The topological polar surface area (TPSA) is 70.1 Å². The van der Waals surface area contributed by atoms with Gasteiger partial charge in [0.25, 0.3) is 5.91 Å². The fraction of sp³-hybridized carbons (Fsp3) is 0.333. The largest absolute Gasteiger partial charge is 0.337 e. The van der Waals surface area contributed by atoms with Gasteiger partial charge in [-0.15, -0.1) is 0 Å². The van der Waals surface area contributed by atoms with Crippen LogP contribution in [-0.2, 0) is 14.6 Å². The number of hydrogen-bond acceptors (Lipinski definition) is 5. The van der Waals surface area contributed by atoms with Gasteiger partial charge >= 0.3 is 0 Å². The van der Waals surface area contributed by atoms with Crippen molar-refractivity contribution in [1.82, 2.24) is 4.90 Å². The molecule has 1 saturated heterocycles. The quantitative estimate of drug-likeness (QED) is 0.795. The molecule has 7 heteroatoms. The lowest BCUT2D eigenvalue weighted by Gasteiger charge is -2.24. The van der Waals surface area contributed by atoms with Crippen molar-refractivity contribution in [2.24, 2.45) is 5.10 Å². The van der Waals surface area contributed by atoms with Gasteiger partial charge in [0.05, 0.1) is 23.2 Å². The lowest BCUT2D eigenvalue weighted by molar-refractivity contribution is -0.124. The molecule has 2 aliphatic heterocycles. The van der Waals surface area contributed by atoms with Gasteiger partial charge < -0.3 is 4.90 Å². The van der Waals surface area contributed by atoms with E-state index in [0.29, 0.717) is 18.6 Å². The van der Waals surface area contributed by atoms with Crippen molar-refractivity contribution in [3.63, 3.8) is 0 Å². The zero-order valence-corrected chi connectivity index (χ0v) is 16.5. The fourth-order valence-electron chi connectivity index (χ4n) is 3.84. The summed E-state index contributed by atoms with van der Waals surface area (Å²) in [5.74, 6) is -0.0149. The van der Waals surface area contributed by atoms with Crippen LogP contribution in [0.1, 0.15) is 24.4 Å². The molecule has 0 N–H and O–H groups in total. The summed E-state index contributed by atoms with van der Waals surface area (Å²) in [6.45, 7) is 0. The van der Waals surface area contributed by atoms with E-state index in [2.05, 4.69) is 5.10 Å². The predicted octanol–water partition coefficient (Wildman–Crippen LogP) is 2.64. The second-order valence-electron chi connectivity index (χ2n) is 7.33. The summed E-state index contributed by atoms with van der Waals surface area (Å²) in [5, 5.41) is 6.54. The molecule has 146 valence electrons. The minimum absolute atomic E-state index is 0.0348. The maximum Gasteiger partial charge on any atom is 0.270 e. The predicted molar refractivity (Wildman–Crippen MR) is 110 cm³/mol. The Morgan fingerprint density at radius 3 is 2.32 bits per heavy atom. The zero-order valence-electron chi connectivity index (χ0n) is 15.7. The van der Waals surface area contributed by atoms with Crippen LogP contribution in [0.15, 0.2) is 65.8 Å². The summed E-state index contributed by atoms with van der Waals surface area (Å²) in [5.41, 5.74) is 2.47. The summed E-state index contributed by atoms with van der Waals surface area (Å²) < 4.78 is 23.6. The van der Waals surface area contributed by atoms with Gasteiger partial charge in [0.1, 0.15) is 5.71 Å². The Morgan fingerprint density at radius 2 is 1.71 bits per heavy atom. The molecule has 2 atom stereocenters. The Morgan fingerprint density at radius 1 is 1.07 bits per heavy atom. The number of anilines is 1. The standard InChI is InChI=1S/C21H23N3O3S/c1-23(18-12-13-28(26,27)15-18)21(25)19-14-20(16-8-4-2-5-9-16)24(22-19)17-10-6-3-7-11-17/h2-11,18,20H,12-15H2,1H3/t18-,20+/m1/s1. The Labute approximate surface area is 165 Å². The van der Waals surface area contributed by atoms with Crippen LogP contribution < -0.4 is 5.01 Å². The lowest BCUT2D eigenvalue weighted by atomic mass is 10.0. The van der Waals surface area contributed by atoms with Crippen molar-refractivity contribution in [2.45, 2.75) is 24.9 Å². The van der Waals surface area contributed by atoms with Crippen LogP contribution in [0.3, 0.4) is 0 Å². The molecular formula is C21H23N3O3S. The van der Waals surface area contributed by atoms with Crippen LogP contribution in [0.4, 0.5) is 5.69 Å². The molecule has 0 saturated carbocycles. The summed E-state index contributed by atoms with van der Waals surface area (Å²) in [7, 11) is -1.37. The molecule has 0 aromatic heterocycles. The first-order valence-electron chi connectivity index (χ1n) is 9.39. The maximum absolute atomic E-state index is 13.1. The number of amides is 1. The summed E-state index contributed by atoms with van der Waals surface area (Å²) in [6.07, 6.45) is 0.976. The maximum atomic E-state index is 13.1. The van der Waals surface area contributed by atoms with Gasteiger partial charge in [-0.05, 0) is 24.1 Å². The Hall–Kier alpha value is -2.67. The van der Waals surface area contributed by atoms with E-state index >= 15 is 0 Å². The third-order valence-corrected chi connectivity index (χ3v) is 7.19. The van der Waals surface area contributed by atoms with Crippen molar-refractivity contribution < 1.29 is 13.2 Å². The lowest BCUT2D eigenvalue weighted by Crippen LogP contribution is -2.41. The normalized spacial score (nSPS) is 23.5. The summed E-state index contributed by atoms with van der Waals surface area (Å²) >= 11 is 0. The summed E-state index contributed by atoms with van der Waals surface area (Å²) in [4.78, 5) is 14.6. The number of carbonyl (C=O) groups is 1. The Bertz CT molecular complexity index is 990. The smallest absolute Gasteiger partial charge is 0.270 e. The van der Waals surface area contributed by atoms with Crippen LogP contribution in [0.2, 0.25) is 0 Å². The average molecular weight is 398 g/mol. The van der Waals surface area contributed by atoms with E-state index in [4.69, 9.17) is 0 Å². The molecule has 2 aromatic rings. The highest BCUT2D eigenvalue weighted by Gasteiger charge is 2.38. The van der Waals surface area contributed by atoms with Crippen molar-refractivity contribution >= 4 is 27.1 Å². The fourth-order valence-corrected chi connectivity index (χ4v) is 5.62. The number of rotatable bonds is 4. The van der Waals surface area contributed by atoms with E-state index in [1.807, 2.05) is 65.7 Å². The highest BCUT2D eigenvalue weighted by Crippen LogP contribution is 2.35. The molecule has 2 aromatic carbocycles. The average Bonchev–Trinajstić information content (AvgIpc) is 3.32. The third-order valence-electron chi connectivity index (χ3n) is 5.44. The zero-order chi connectivity index (χ0) is 19.7. The molecule has 1 fully saturated rings. The van der Waals surface area contributed by atoms with Crippen LogP contribution in [-0.4, -0.2) is 49.5 Å². The van der Waals surface area contributed by atoms with Crippen molar-refractivity contribution in [3.05, 3.63) is 66.2 Å². The molecule has 0 unspecified atom stereocenters. The number of nitrogens with zero attached hydrogens (tertiary/aromatic N) is 3. The molecule has 28 heavy (non-hydrogen) atoms. The van der Waals surface area contributed by atoms with E-state index in [1.165, 1.54) is 0 Å². The Kier molecular flexibility index (Phi) is 4.93. The molecule has 0 radical (unpaired) electrons. The van der Waals surface area contributed by atoms with Gasteiger partial charge in [0.2, 0.25) is 0 Å². The van der Waals surface area contributed by atoms with Gasteiger partial charge in [-0.3, -0.25) is 9.80 Å². The number of benzene rings is 2. The van der Waals surface area contributed by atoms with Crippen molar-refractivity contribution in [3.8, 4) is 0 Å². The minimum Gasteiger partial charge on any atom is -0.337 e. The van der Waals surface area contributed by atoms with E-state index in [9.17, 15) is 13.2 Å². The van der Waals surface area contributed by atoms with E-state index in [0.717, 1.165) is 11.3 Å². The first-order valence-corrected chi connectivity index (χ1v) is 11.2. The molecule has 1 amide bonds. The number of hydrazone groups is 1. The molecule has 4 rings (SSSR count). The minimum atomic E-state index is -3.05. The van der Waals surface area contributed by atoms with Gasteiger partial charge in [-0.1, -0.05) is 48.5 Å². The van der Waals surface area contributed by atoms with Gasteiger partial charge in [0.15, 0.2) is 9.84 Å². The van der Waals surface area contributed by atoms with Gasteiger partial charge in [-0.2, -0.15) is 5.10 Å². The van der Waals surface area contributed by atoms with Crippen LogP contribution >= 0.6 is 0 Å². The third kappa shape index (κ3) is 3.67. The molecule has 2 aliphatic rings. The Balaban J connectivity index is 1.61. The van der Waals surface area contributed by atoms with E-state index in [1.54, 1.807) is 11.9 Å². The van der Waals surface area contributed by atoms with Crippen LogP contribution in [0.5, 0.6) is 0 Å². The number of sulfone groups is 1. The molecule has 2 heterocycles. The van der Waals surface area contributed by atoms with Crippen molar-refractivity contribution in [1.29, 1.82) is 0 Å². The number of carbonyl (C=O) groups excluding carboxylic acids is 1. The number of para-hydroxylation sites is 1. The van der Waals surface area contributed by atoms with E-state index < -0.39 is 9.84 Å². The molecule has 0 bridgehead atoms. The number of hydrogen-bond donors (Lipinski definition) is 0. The van der Waals surface area contributed by atoms with Crippen LogP contribution in [0, 0.1) is 0 Å². The molecule has 0 spiro atoms. The van der Waals surface area contributed by atoms with Gasteiger partial charge in [0, 0.05) is 19.5 Å². The highest BCUT2D eigenvalue weighted by molar-refractivity contribution is 7.91. The first kappa shape index (κ1) is 18.7. The van der Waals surface area contributed by atoms with Crippen molar-refractivity contribution in [2.75, 3.05) is 23.6 Å². The van der Waals surface area contributed by atoms with Crippen LogP contribution in [0.25, 0.3) is 0 Å². The molecule has 0 aliphatic carbocycles. The second-order valence-corrected chi connectivity index (χ2v) is 9.56. The van der Waals surface area contributed by atoms with Gasteiger partial charge in [-0.25, -0.2) is 8.42 Å².